The molecule has 1 saturated heterocycles. The van der Waals surface area contributed by atoms with Gasteiger partial charge in [0.25, 0.3) is 11.8 Å². The van der Waals surface area contributed by atoms with Crippen LogP contribution in [0.4, 0.5) is 5.69 Å². The third-order valence-electron chi connectivity index (χ3n) is 6.01. The number of rotatable bonds is 4. The van der Waals surface area contributed by atoms with Gasteiger partial charge in [0.2, 0.25) is 0 Å². The molecule has 0 unspecified atom stereocenters. The minimum Gasteiger partial charge on any atom is -0.337 e. The summed E-state index contributed by atoms with van der Waals surface area (Å²) in [6.07, 6.45) is 0. The number of thioether (sulfide) groups is 1. The lowest BCUT2D eigenvalue weighted by molar-refractivity contribution is 0.0772. The number of carbonyl (C=O) groups excluding carboxylic acids is 2. The molecule has 4 heterocycles. The number of benzene rings is 1. The fourth-order valence-electron chi connectivity index (χ4n) is 4.25. The van der Waals surface area contributed by atoms with Crippen LogP contribution in [0.15, 0.2) is 41.8 Å². The molecule has 1 aliphatic heterocycles. The first-order valence-corrected chi connectivity index (χ1v) is 13.1. The Morgan fingerprint density at radius 2 is 1.88 bits per heavy atom. The lowest BCUT2D eigenvalue weighted by Crippen LogP contribution is -2.37. The van der Waals surface area contributed by atoms with Gasteiger partial charge in [0.05, 0.1) is 27.2 Å². The van der Waals surface area contributed by atoms with E-state index < -0.39 is 0 Å². The summed E-state index contributed by atoms with van der Waals surface area (Å²) in [6.45, 7) is 5.34. The molecule has 174 valence electrons. The monoisotopic (exact) mass is 491 g/mol. The highest BCUT2D eigenvalue weighted by atomic mass is 32.2. The third kappa shape index (κ3) is 4.21. The van der Waals surface area contributed by atoms with E-state index in [4.69, 9.17) is 4.98 Å². The van der Waals surface area contributed by atoms with Crippen molar-refractivity contribution in [2.24, 2.45) is 7.05 Å². The van der Waals surface area contributed by atoms with Gasteiger partial charge in [-0.15, -0.1) is 11.3 Å². The molecule has 1 aromatic carbocycles. The standard InChI is InChI=1S/C25H25N5O2S2/c1-15-13-17(25(32)30-8-11-33-12-9-30)6-7-19(15)27-24(31)18-14-20(21-5-4-10-34-21)26-23-22(18)16(2)28-29(23)3/h4-7,10,13-14H,8-9,11-12H2,1-3H3,(H,27,31). The molecule has 4 aromatic rings. The van der Waals surface area contributed by atoms with Crippen molar-refractivity contribution in [1.29, 1.82) is 0 Å². The van der Waals surface area contributed by atoms with Gasteiger partial charge >= 0.3 is 0 Å². The number of fused-ring (bicyclic) bond motifs is 1. The number of hydrogen-bond acceptors (Lipinski definition) is 6. The number of thiophene rings is 1. The summed E-state index contributed by atoms with van der Waals surface area (Å²) in [4.78, 5) is 34.0. The number of nitrogens with one attached hydrogen (secondary N) is 1. The maximum absolute atomic E-state index is 13.5. The van der Waals surface area contributed by atoms with Crippen molar-refractivity contribution in [3.05, 3.63) is 64.2 Å². The Labute approximate surface area is 206 Å². The average Bonchev–Trinajstić information content (AvgIpc) is 3.48. The predicted molar refractivity (Wildman–Crippen MR) is 139 cm³/mol. The maximum Gasteiger partial charge on any atom is 0.256 e. The summed E-state index contributed by atoms with van der Waals surface area (Å²) >= 11 is 3.45. The minimum absolute atomic E-state index is 0.0451. The van der Waals surface area contributed by atoms with E-state index in [9.17, 15) is 9.59 Å². The molecule has 0 spiro atoms. The molecule has 9 heteroatoms. The second kappa shape index (κ2) is 9.23. The van der Waals surface area contributed by atoms with Crippen LogP contribution in [0.2, 0.25) is 0 Å². The van der Waals surface area contributed by atoms with Crippen LogP contribution in [0.3, 0.4) is 0 Å². The first-order chi connectivity index (χ1) is 16.4. The quantitative estimate of drug-likeness (QED) is 0.445. The number of amides is 2. The molecule has 5 rings (SSSR count). The summed E-state index contributed by atoms with van der Waals surface area (Å²) in [6, 6.07) is 11.3. The van der Waals surface area contributed by atoms with Crippen molar-refractivity contribution in [2.45, 2.75) is 13.8 Å². The van der Waals surface area contributed by atoms with E-state index in [1.807, 2.05) is 73.3 Å². The van der Waals surface area contributed by atoms with Gasteiger partial charge in [-0.1, -0.05) is 6.07 Å². The third-order valence-corrected chi connectivity index (χ3v) is 7.84. The first-order valence-electron chi connectivity index (χ1n) is 11.1. The summed E-state index contributed by atoms with van der Waals surface area (Å²) in [5, 5.41) is 10.3. The van der Waals surface area contributed by atoms with E-state index in [0.717, 1.165) is 51.8 Å². The summed E-state index contributed by atoms with van der Waals surface area (Å²) < 4.78 is 1.71. The first kappa shape index (κ1) is 22.6. The highest BCUT2D eigenvalue weighted by Gasteiger charge is 2.22. The molecule has 0 saturated carbocycles. The number of aryl methyl sites for hydroxylation is 3. The number of hydrogen-bond donors (Lipinski definition) is 1. The SMILES string of the molecule is Cc1cc(C(=O)N2CCSCC2)ccc1NC(=O)c1cc(-c2cccs2)nc2c1c(C)nn2C. The highest BCUT2D eigenvalue weighted by Crippen LogP contribution is 2.30. The van der Waals surface area contributed by atoms with Crippen molar-refractivity contribution in [3.63, 3.8) is 0 Å². The smallest absolute Gasteiger partial charge is 0.256 e. The molecular formula is C25H25N5O2S2. The Balaban J connectivity index is 1.46. The largest absolute Gasteiger partial charge is 0.337 e. The fraction of sp³-hybridized carbons (Fsp3) is 0.280. The van der Waals surface area contributed by atoms with Gasteiger partial charge in [-0.2, -0.15) is 16.9 Å². The lowest BCUT2D eigenvalue weighted by Gasteiger charge is -2.26. The van der Waals surface area contributed by atoms with Gasteiger partial charge in [-0.3, -0.25) is 14.3 Å². The van der Waals surface area contributed by atoms with E-state index >= 15 is 0 Å². The van der Waals surface area contributed by atoms with Crippen LogP contribution < -0.4 is 5.32 Å². The lowest BCUT2D eigenvalue weighted by atomic mass is 10.1. The Morgan fingerprint density at radius 3 is 2.59 bits per heavy atom. The fourth-order valence-corrected chi connectivity index (χ4v) is 5.84. The van der Waals surface area contributed by atoms with Gasteiger partial charge in [0.1, 0.15) is 0 Å². The van der Waals surface area contributed by atoms with Crippen LogP contribution in [0.5, 0.6) is 0 Å². The summed E-state index contributed by atoms with van der Waals surface area (Å²) in [5.41, 5.74) is 4.88. The zero-order valence-electron chi connectivity index (χ0n) is 19.3. The molecular weight excluding hydrogens is 466 g/mol. The van der Waals surface area contributed by atoms with Gasteiger partial charge in [0.15, 0.2) is 5.65 Å². The Hall–Kier alpha value is -3.17. The van der Waals surface area contributed by atoms with Crippen molar-refractivity contribution >= 4 is 51.6 Å². The van der Waals surface area contributed by atoms with Crippen LogP contribution in [-0.2, 0) is 7.05 Å². The number of anilines is 1. The van der Waals surface area contributed by atoms with Crippen LogP contribution >= 0.6 is 23.1 Å². The van der Waals surface area contributed by atoms with Gasteiger partial charge in [0, 0.05) is 42.9 Å². The number of nitrogens with zero attached hydrogens (tertiary/aromatic N) is 4. The van der Waals surface area contributed by atoms with E-state index in [2.05, 4.69) is 10.4 Å². The molecule has 1 fully saturated rings. The summed E-state index contributed by atoms with van der Waals surface area (Å²) in [7, 11) is 1.84. The van der Waals surface area contributed by atoms with Crippen molar-refractivity contribution in [1.82, 2.24) is 19.7 Å². The Bertz CT molecular complexity index is 1390. The topological polar surface area (TPSA) is 80.1 Å². The molecule has 0 bridgehead atoms. The van der Waals surface area contributed by atoms with Crippen LogP contribution in [0.1, 0.15) is 32.0 Å². The second-order valence-corrected chi connectivity index (χ2v) is 10.5. The zero-order chi connectivity index (χ0) is 23.8. The molecule has 0 aliphatic carbocycles. The molecule has 34 heavy (non-hydrogen) atoms. The van der Waals surface area contributed by atoms with Gasteiger partial charge in [-0.05, 0) is 55.1 Å². The van der Waals surface area contributed by atoms with Crippen LogP contribution in [-0.4, -0.2) is 56.1 Å². The van der Waals surface area contributed by atoms with Crippen molar-refractivity contribution in [3.8, 4) is 10.6 Å². The molecule has 1 N–H and O–H groups in total. The second-order valence-electron chi connectivity index (χ2n) is 8.33. The van der Waals surface area contributed by atoms with E-state index in [1.54, 1.807) is 22.1 Å². The number of carbonyl (C=O) groups is 2. The summed E-state index contributed by atoms with van der Waals surface area (Å²) in [5.74, 6) is 1.77. The molecule has 7 nitrogen and oxygen atoms in total. The van der Waals surface area contributed by atoms with Crippen LogP contribution in [0.25, 0.3) is 21.6 Å². The van der Waals surface area contributed by atoms with Crippen molar-refractivity contribution in [2.75, 3.05) is 29.9 Å². The number of pyridine rings is 1. The average molecular weight is 492 g/mol. The van der Waals surface area contributed by atoms with E-state index in [1.165, 1.54) is 0 Å². The van der Waals surface area contributed by atoms with Gasteiger partial charge < -0.3 is 10.2 Å². The normalized spacial score (nSPS) is 13.9. The molecule has 3 aromatic heterocycles. The molecule has 1 aliphatic rings. The minimum atomic E-state index is -0.225. The predicted octanol–water partition coefficient (Wildman–Crippen LogP) is 4.75. The maximum atomic E-state index is 13.5. The van der Waals surface area contributed by atoms with Crippen LogP contribution in [0, 0.1) is 13.8 Å². The molecule has 0 atom stereocenters. The Kier molecular flexibility index (Phi) is 6.14. The van der Waals surface area contributed by atoms with E-state index in [-0.39, 0.29) is 11.8 Å². The van der Waals surface area contributed by atoms with E-state index in [0.29, 0.717) is 22.5 Å². The Morgan fingerprint density at radius 1 is 1.09 bits per heavy atom. The molecule has 2 amide bonds. The number of aromatic nitrogens is 3. The van der Waals surface area contributed by atoms with Crippen molar-refractivity contribution < 1.29 is 9.59 Å². The van der Waals surface area contributed by atoms with Gasteiger partial charge in [-0.25, -0.2) is 4.98 Å². The highest BCUT2D eigenvalue weighted by molar-refractivity contribution is 7.99. The molecule has 0 radical (unpaired) electrons. The zero-order valence-corrected chi connectivity index (χ0v) is 20.9.